The maximum atomic E-state index is 11.7. The molecule has 1 aliphatic heterocycles. The quantitative estimate of drug-likeness (QED) is 0.843. The van der Waals surface area contributed by atoms with Crippen LogP contribution in [-0.4, -0.2) is 48.7 Å². The largest absolute Gasteiger partial charge is 0.338 e. The number of likely N-dealkylation sites (N-methyl/N-ethyl adjacent to an activating group) is 1. The Kier molecular flexibility index (Phi) is 5.58. The lowest BCUT2D eigenvalue weighted by molar-refractivity contribution is -0.117. The third-order valence-electron chi connectivity index (χ3n) is 2.94. The van der Waals surface area contributed by atoms with Crippen molar-refractivity contribution in [3.05, 3.63) is 11.8 Å². The van der Waals surface area contributed by atoms with Crippen molar-refractivity contribution in [2.24, 2.45) is 0 Å². The summed E-state index contributed by atoms with van der Waals surface area (Å²) in [5, 5.41) is 9.62. The number of carbonyl (C=O) groups is 1. The highest BCUT2D eigenvalue weighted by atomic mass is 35.5. The predicted octanol–water partition coefficient (Wildman–Crippen LogP) is 0.637. The van der Waals surface area contributed by atoms with Crippen LogP contribution in [0.5, 0.6) is 0 Å². The van der Waals surface area contributed by atoms with E-state index in [0.717, 1.165) is 25.2 Å². The number of halogens is 1. The molecule has 0 radical (unpaired) electrons. The molecule has 18 heavy (non-hydrogen) atoms. The lowest BCUT2D eigenvalue weighted by atomic mass is 10.3. The molecule has 2 N–H and O–H groups in total. The highest BCUT2D eigenvalue weighted by Gasteiger charge is 2.22. The molecule has 1 aromatic rings. The Morgan fingerprint density at radius 2 is 2.44 bits per heavy atom. The number of hydrogen-bond donors (Lipinski definition) is 2. The second-order valence-electron chi connectivity index (χ2n) is 4.39. The van der Waals surface area contributed by atoms with Crippen LogP contribution in [0.2, 0.25) is 0 Å². The maximum Gasteiger partial charge on any atom is 0.240 e. The van der Waals surface area contributed by atoms with Crippen molar-refractivity contribution in [1.29, 1.82) is 0 Å². The summed E-state index contributed by atoms with van der Waals surface area (Å²) in [6.45, 7) is 4.09. The van der Waals surface area contributed by atoms with E-state index >= 15 is 0 Å². The van der Waals surface area contributed by atoms with Crippen LogP contribution in [0, 0.1) is 6.92 Å². The van der Waals surface area contributed by atoms with Crippen molar-refractivity contribution in [3.8, 4) is 0 Å². The maximum absolute atomic E-state index is 11.7. The van der Waals surface area contributed by atoms with Gasteiger partial charge in [-0.3, -0.25) is 15.0 Å². The van der Waals surface area contributed by atoms with Gasteiger partial charge in [0.15, 0.2) is 0 Å². The van der Waals surface area contributed by atoms with E-state index in [9.17, 15) is 4.79 Å². The molecular weight excluding hydrogens is 256 g/mol. The average Bonchev–Trinajstić information content (AvgIpc) is 2.88. The first-order chi connectivity index (χ1) is 8.17. The van der Waals surface area contributed by atoms with E-state index in [4.69, 9.17) is 4.52 Å². The summed E-state index contributed by atoms with van der Waals surface area (Å²) < 4.78 is 4.93. The number of nitrogens with zero attached hydrogens (tertiary/aromatic N) is 2. The minimum absolute atomic E-state index is 0. The molecule has 2 heterocycles. The molecule has 1 amide bonds. The normalized spacial score (nSPS) is 19.6. The van der Waals surface area contributed by atoms with E-state index in [1.54, 1.807) is 6.07 Å². The number of amides is 1. The number of hydrogen-bond acceptors (Lipinski definition) is 5. The number of carbonyl (C=O) groups excluding carboxylic acids is 1. The van der Waals surface area contributed by atoms with Crippen LogP contribution in [0.3, 0.4) is 0 Å². The Balaban J connectivity index is 0.00000162. The minimum atomic E-state index is -0.0575. The molecule has 1 atom stereocenters. The van der Waals surface area contributed by atoms with Gasteiger partial charge in [-0.1, -0.05) is 5.16 Å². The second kappa shape index (κ2) is 6.72. The summed E-state index contributed by atoms with van der Waals surface area (Å²) in [6.07, 6.45) is 1.09. The van der Waals surface area contributed by atoms with Gasteiger partial charge in [0.1, 0.15) is 0 Å². The molecule has 7 heteroatoms. The van der Waals surface area contributed by atoms with Crippen molar-refractivity contribution < 1.29 is 9.32 Å². The summed E-state index contributed by atoms with van der Waals surface area (Å²) in [6, 6.07) is 2.20. The van der Waals surface area contributed by atoms with Gasteiger partial charge >= 0.3 is 0 Å². The second-order valence-corrected chi connectivity index (χ2v) is 4.39. The zero-order valence-electron chi connectivity index (χ0n) is 10.6. The summed E-state index contributed by atoms with van der Waals surface area (Å²) in [7, 11) is 1.95. The molecule has 0 aliphatic carbocycles. The highest BCUT2D eigenvalue weighted by molar-refractivity contribution is 5.90. The molecule has 2 rings (SSSR count). The standard InChI is InChI=1S/C11H18N4O2.ClH/c1-8-5-11(17-14-8)13-10(16)7-15-4-3-9(6-15)12-2;/h5,9,12H,3-4,6-7H2,1-2H3,(H,13,16);1H. The van der Waals surface area contributed by atoms with E-state index in [1.807, 2.05) is 14.0 Å². The van der Waals surface area contributed by atoms with Crippen LogP contribution in [-0.2, 0) is 4.79 Å². The monoisotopic (exact) mass is 274 g/mol. The van der Waals surface area contributed by atoms with Gasteiger partial charge in [0, 0.05) is 25.2 Å². The van der Waals surface area contributed by atoms with Gasteiger partial charge < -0.3 is 9.84 Å². The number of aryl methyl sites for hydroxylation is 1. The van der Waals surface area contributed by atoms with Gasteiger partial charge in [-0.05, 0) is 20.4 Å². The minimum Gasteiger partial charge on any atom is -0.338 e. The molecule has 0 aromatic carbocycles. The number of anilines is 1. The van der Waals surface area contributed by atoms with Gasteiger partial charge in [0.2, 0.25) is 11.8 Å². The molecule has 1 fully saturated rings. The molecule has 1 unspecified atom stereocenters. The van der Waals surface area contributed by atoms with Gasteiger partial charge in [0.25, 0.3) is 0 Å². The lowest BCUT2D eigenvalue weighted by Gasteiger charge is -2.14. The predicted molar refractivity (Wildman–Crippen MR) is 71.0 cm³/mol. The van der Waals surface area contributed by atoms with Crippen LogP contribution in [0.1, 0.15) is 12.1 Å². The molecule has 1 aliphatic rings. The Hall–Kier alpha value is -1.11. The molecule has 0 bridgehead atoms. The Labute approximate surface area is 112 Å². The van der Waals surface area contributed by atoms with E-state index in [-0.39, 0.29) is 18.3 Å². The van der Waals surface area contributed by atoms with E-state index in [0.29, 0.717) is 18.5 Å². The molecule has 6 nitrogen and oxygen atoms in total. The third kappa shape index (κ3) is 3.97. The fraction of sp³-hybridized carbons (Fsp3) is 0.636. The van der Waals surface area contributed by atoms with Crippen LogP contribution >= 0.6 is 12.4 Å². The smallest absolute Gasteiger partial charge is 0.240 e. The van der Waals surface area contributed by atoms with Crippen LogP contribution in [0.4, 0.5) is 5.88 Å². The lowest BCUT2D eigenvalue weighted by Crippen LogP contribution is -2.34. The zero-order valence-corrected chi connectivity index (χ0v) is 11.4. The number of rotatable bonds is 4. The zero-order chi connectivity index (χ0) is 12.3. The third-order valence-corrected chi connectivity index (χ3v) is 2.94. The fourth-order valence-electron chi connectivity index (χ4n) is 2.01. The van der Waals surface area contributed by atoms with Crippen molar-refractivity contribution in [1.82, 2.24) is 15.4 Å². The summed E-state index contributed by atoms with van der Waals surface area (Å²) in [5.74, 6) is 0.356. The summed E-state index contributed by atoms with van der Waals surface area (Å²) in [4.78, 5) is 13.8. The summed E-state index contributed by atoms with van der Waals surface area (Å²) in [5.41, 5.74) is 0.761. The van der Waals surface area contributed by atoms with Gasteiger partial charge in [-0.25, -0.2) is 0 Å². The van der Waals surface area contributed by atoms with Crippen LogP contribution < -0.4 is 10.6 Å². The van der Waals surface area contributed by atoms with Gasteiger partial charge in [-0.15, -0.1) is 12.4 Å². The molecule has 102 valence electrons. The van der Waals surface area contributed by atoms with E-state index in [2.05, 4.69) is 20.7 Å². The Bertz CT molecular complexity index is 396. The number of nitrogens with one attached hydrogen (secondary N) is 2. The first-order valence-corrected chi connectivity index (χ1v) is 5.80. The van der Waals surface area contributed by atoms with Gasteiger partial charge in [-0.2, -0.15) is 0 Å². The van der Waals surface area contributed by atoms with E-state index < -0.39 is 0 Å². The first-order valence-electron chi connectivity index (χ1n) is 5.80. The SMILES string of the molecule is CNC1CCN(CC(=O)Nc2cc(C)no2)C1.Cl. The van der Waals surface area contributed by atoms with Crippen LogP contribution in [0.25, 0.3) is 0 Å². The number of likely N-dealkylation sites (tertiary alicyclic amines) is 1. The molecular formula is C11H19ClN4O2. The summed E-state index contributed by atoms with van der Waals surface area (Å²) >= 11 is 0. The molecule has 0 saturated carbocycles. The topological polar surface area (TPSA) is 70.4 Å². The fourth-order valence-corrected chi connectivity index (χ4v) is 2.01. The van der Waals surface area contributed by atoms with Crippen molar-refractivity contribution >= 4 is 24.2 Å². The van der Waals surface area contributed by atoms with Gasteiger partial charge in [0.05, 0.1) is 12.2 Å². The average molecular weight is 275 g/mol. The van der Waals surface area contributed by atoms with Crippen molar-refractivity contribution in [2.45, 2.75) is 19.4 Å². The molecule has 1 aromatic heterocycles. The molecule has 0 spiro atoms. The Morgan fingerprint density at radius 1 is 1.67 bits per heavy atom. The first kappa shape index (κ1) is 14.9. The molecule has 1 saturated heterocycles. The van der Waals surface area contributed by atoms with E-state index in [1.165, 1.54) is 0 Å². The van der Waals surface area contributed by atoms with Crippen molar-refractivity contribution in [3.63, 3.8) is 0 Å². The van der Waals surface area contributed by atoms with Crippen LogP contribution in [0.15, 0.2) is 10.6 Å². The Morgan fingerprint density at radius 3 is 3.00 bits per heavy atom. The number of aromatic nitrogens is 1. The highest BCUT2D eigenvalue weighted by Crippen LogP contribution is 2.10. The van der Waals surface area contributed by atoms with Crippen molar-refractivity contribution in [2.75, 3.05) is 32.0 Å².